The zero-order chi connectivity index (χ0) is 23.5. The lowest BCUT2D eigenvalue weighted by molar-refractivity contribution is 0.0915. The maximum absolute atomic E-state index is 13.1. The number of hydrogen-bond donors (Lipinski definition) is 2. The van der Waals surface area contributed by atoms with Gasteiger partial charge in [-0.2, -0.15) is 0 Å². The first-order chi connectivity index (χ1) is 16.7. The number of benzene rings is 1. The normalized spacial score (nSPS) is 16.2. The summed E-state index contributed by atoms with van der Waals surface area (Å²) in [5.74, 6) is 1.76. The molecule has 9 heteroatoms. The third-order valence-corrected chi connectivity index (χ3v) is 6.44. The minimum Gasteiger partial charge on any atom is -0.493 e. The highest BCUT2D eigenvalue weighted by molar-refractivity contribution is 6.08. The van der Waals surface area contributed by atoms with Gasteiger partial charge in [0.1, 0.15) is 23.3 Å². The van der Waals surface area contributed by atoms with Crippen molar-refractivity contribution in [1.29, 1.82) is 0 Å². The Bertz CT molecular complexity index is 1170. The SMILES string of the molecule is [CH2]CN1CCC(NC(=O)c2c[nH]c3c(-c4c(OCCCC)ccc5c4OCO5)ncnc23)CC1. The molecule has 34 heavy (non-hydrogen) atoms. The molecule has 1 aromatic carbocycles. The number of nitrogens with zero attached hydrogens (tertiary/aromatic N) is 3. The smallest absolute Gasteiger partial charge is 0.255 e. The van der Waals surface area contributed by atoms with Crippen LogP contribution in [0.25, 0.3) is 22.3 Å². The molecule has 1 radical (unpaired) electrons. The molecular weight excluding hydrogens is 434 g/mol. The number of amides is 1. The van der Waals surface area contributed by atoms with Gasteiger partial charge in [0.25, 0.3) is 5.91 Å². The zero-order valence-electron chi connectivity index (χ0n) is 19.4. The summed E-state index contributed by atoms with van der Waals surface area (Å²) in [5.41, 5.74) is 3.03. The van der Waals surface area contributed by atoms with Crippen LogP contribution in [-0.2, 0) is 0 Å². The van der Waals surface area contributed by atoms with E-state index in [2.05, 4.69) is 39.0 Å². The quantitative estimate of drug-likeness (QED) is 0.492. The number of aromatic amines is 1. The molecule has 1 saturated heterocycles. The number of hydrogen-bond acceptors (Lipinski definition) is 7. The van der Waals surface area contributed by atoms with E-state index in [1.807, 2.05) is 12.1 Å². The van der Waals surface area contributed by atoms with Crippen LogP contribution in [-0.4, -0.2) is 64.8 Å². The van der Waals surface area contributed by atoms with Gasteiger partial charge in [-0.25, -0.2) is 9.97 Å². The van der Waals surface area contributed by atoms with Crippen molar-refractivity contribution in [3.05, 3.63) is 37.1 Å². The van der Waals surface area contributed by atoms with Crippen LogP contribution in [0.1, 0.15) is 43.0 Å². The Morgan fingerprint density at radius 1 is 1.29 bits per heavy atom. The number of ether oxygens (including phenoxy) is 3. The largest absolute Gasteiger partial charge is 0.493 e. The van der Waals surface area contributed by atoms with Crippen LogP contribution < -0.4 is 19.5 Å². The molecule has 0 unspecified atom stereocenters. The Labute approximate surface area is 198 Å². The van der Waals surface area contributed by atoms with Gasteiger partial charge in [-0.05, 0) is 44.9 Å². The van der Waals surface area contributed by atoms with Gasteiger partial charge in [-0.15, -0.1) is 0 Å². The number of rotatable bonds is 8. The summed E-state index contributed by atoms with van der Waals surface area (Å²) in [4.78, 5) is 27.6. The number of aromatic nitrogens is 3. The predicted octanol–water partition coefficient (Wildman–Crippen LogP) is 3.56. The van der Waals surface area contributed by atoms with Crippen LogP contribution in [0.4, 0.5) is 0 Å². The van der Waals surface area contributed by atoms with E-state index < -0.39 is 0 Å². The van der Waals surface area contributed by atoms with E-state index in [1.165, 1.54) is 6.33 Å². The van der Waals surface area contributed by atoms with E-state index in [1.54, 1.807) is 6.20 Å². The molecule has 1 fully saturated rings. The Hall–Kier alpha value is -3.33. The summed E-state index contributed by atoms with van der Waals surface area (Å²) in [6.45, 7) is 9.47. The lowest BCUT2D eigenvalue weighted by Crippen LogP contribution is -2.44. The van der Waals surface area contributed by atoms with Crippen LogP contribution in [0.3, 0.4) is 0 Å². The molecule has 9 nitrogen and oxygen atoms in total. The minimum absolute atomic E-state index is 0.138. The average Bonchev–Trinajstić information content (AvgIpc) is 3.52. The Kier molecular flexibility index (Phi) is 6.53. The molecule has 2 aliphatic heterocycles. The molecule has 0 atom stereocenters. The second-order valence-electron chi connectivity index (χ2n) is 8.61. The third kappa shape index (κ3) is 4.27. The second-order valence-corrected chi connectivity index (χ2v) is 8.61. The number of fused-ring (bicyclic) bond motifs is 2. The molecule has 179 valence electrons. The average molecular weight is 465 g/mol. The number of likely N-dealkylation sites (tertiary alicyclic amines) is 1. The first-order valence-corrected chi connectivity index (χ1v) is 11.9. The molecule has 2 N–H and O–H groups in total. The molecule has 2 aromatic heterocycles. The molecule has 4 heterocycles. The molecular formula is C25H30N5O4. The standard InChI is InChI=1S/C25H30N5O4/c1-3-5-12-32-18-6-7-19-24(34-15-33-19)20(18)22-23-21(27-14-28-22)17(13-26-23)25(31)29-16-8-10-30(4-2)11-9-16/h6-7,13-14,16,26H,2-5,8-12,15H2,1H3,(H,29,31). The number of carbonyl (C=O) groups excluding carboxylic acids is 1. The number of nitrogens with one attached hydrogen (secondary N) is 2. The van der Waals surface area contributed by atoms with Crippen LogP contribution in [0.2, 0.25) is 0 Å². The van der Waals surface area contributed by atoms with Gasteiger partial charge in [0.05, 0.1) is 23.3 Å². The van der Waals surface area contributed by atoms with Crippen LogP contribution >= 0.6 is 0 Å². The Morgan fingerprint density at radius 2 is 2.15 bits per heavy atom. The van der Waals surface area contributed by atoms with Gasteiger partial charge in [0, 0.05) is 25.3 Å². The van der Waals surface area contributed by atoms with Gasteiger partial charge in [-0.1, -0.05) is 13.3 Å². The van der Waals surface area contributed by atoms with Crippen LogP contribution in [0.15, 0.2) is 24.7 Å². The van der Waals surface area contributed by atoms with Gasteiger partial charge in [0.15, 0.2) is 11.5 Å². The van der Waals surface area contributed by atoms with Gasteiger partial charge < -0.3 is 29.4 Å². The highest BCUT2D eigenvalue weighted by Gasteiger charge is 2.28. The molecule has 2 aliphatic rings. The minimum atomic E-state index is -0.138. The van der Waals surface area contributed by atoms with E-state index >= 15 is 0 Å². The molecule has 0 spiro atoms. The molecule has 0 aliphatic carbocycles. The summed E-state index contributed by atoms with van der Waals surface area (Å²) < 4.78 is 17.5. The number of piperidine rings is 1. The van der Waals surface area contributed by atoms with Crippen molar-refractivity contribution < 1.29 is 19.0 Å². The topological polar surface area (TPSA) is 102 Å². The van der Waals surface area contributed by atoms with Crippen LogP contribution in [0, 0.1) is 6.92 Å². The van der Waals surface area contributed by atoms with Gasteiger partial charge in [0.2, 0.25) is 6.79 Å². The summed E-state index contributed by atoms with van der Waals surface area (Å²) in [6, 6.07) is 3.86. The highest BCUT2D eigenvalue weighted by atomic mass is 16.7. The molecule has 0 bridgehead atoms. The lowest BCUT2D eigenvalue weighted by atomic mass is 10.0. The summed E-state index contributed by atoms with van der Waals surface area (Å²) in [6.07, 6.45) is 6.96. The van der Waals surface area contributed by atoms with E-state index in [9.17, 15) is 4.79 Å². The lowest BCUT2D eigenvalue weighted by Gasteiger charge is -2.31. The maximum atomic E-state index is 13.1. The van der Waals surface area contributed by atoms with E-state index in [-0.39, 0.29) is 18.7 Å². The Balaban J connectivity index is 1.46. The van der Waals surface area contributed by atoms with E-state index in [4.69, 9.17) is 14.2 Å². The molecule has 1 amide bonds. The highest BCUT2D eigenvalue weighted by Crippen LogP contribution is 2.47. The van der Waals surface area contributed by atoms with Crippen molar-refractivity contribution in [2.45, 2.75) is 38.6 Å². The fourth-order valence-corrected chi connectivity index (χ4v) is 4.49. The number of carbonyl (C=O) groups is 1. The number of unbranched alkanes of at least 4 members (excludes halogenated alkanes) is 1. The maximum Gasteiger partial charge on any atom is 0.255 e. The van der Waals surface area contributed by atoms with Crippen molar-refractivity contribution in [3.8, 4) is 28.5 Å². The molecule has 3 aromatic rings. The summed E-state index contributed by atoms with van der Waals surface area (Å²) >= 11 is 0. The van der Waals surface area contributed by atoms with Crippen LogP contribution in [0.5, 0.6) is 17.2 Å². The van der Waals surface area contributed by atoms with Crippen molar-refractivity contribution in [1.82, 2.24) is 25.2 Å². The second kappa shape index (κ2) is 9.89. The van der Waals surface area contributed by atoms with Crippen molar-refractivity contribution in [2.24, 2.45) is 0 Å². The van der Waals surface area contributed by atoms with Gasteiger partial charge >= 0.3 is 0 Å². The molecule has 0 saturated carbocycles. The van der Waals surface area contributed by atoms with Gasteiger partial charge in [-0.3, -0.25) is 4.79 Å². The monoisotopic (exact) mass is 464 g/mol. The van der Waals surface area contributed by atoms with E-state index in [0.29, 0.717) is 51.7 Å². The summed E-state index contributed by atoms with van der Waals surface area (Å²) in [5, 5.41) is 3.17. The van der Waals surface area contributed by atoms with Crippen molar-refractivity contribution >= 4 is 16.9 Å². The first kappa shape index (κ1) is 22.5. The van der Waals surface area contributed by atoms with E-state index in [0.717, 1.165) is 45.3 Å². The molecule has 5 rings (SSSR count). The zero-order valence-corrected chi connectivity index (χ0v) is 19.4. The predicted molar refractivity (Wildman–Crippen MR) is 128 cm³/mol. The first-order valence-electron chi connectivity index (χ1n) is 11.9. The summed E-state index contributed by atoms with van der Waals surface area (Å²) in [7, 11) is 0. The van der Waals surface area contributed by atoms with Crippen molar-refractivity contribution in [3.63, 3.8) is 0 Å². The number of H-pyrrole nitrogens is 1. The Morgan fingerprint density at radius 3 is 2.94 bits per heavy atom. The van der Waals surface area contributed by atoms with Crippen molar-refractivity contribution in [2.75, 3.05) is 33.0 Å². The third-order valence-electron chi connectivity index (χ3n) is 6.44. The fourth-order valence-electron chi connectivity index (χ4n) is 4.49. The fraction of sp³-hybridized carbons (Fsp3) is 0.440.